The first kappa shape index (κ1) is 15.9. The standard InChI is InChI=1S/C10H13N3O6S/c1-3-19-10(14)11-12-20(17,18)9-6-4-5-8(7(9)2)13(15)16/h4-6,12H,3H2,1-2H3,(H,11,14). The molecular weight excluding hydrogens is 290 g/mol. The Morgan fingerprint density at radius 3 is 2.65 bits per heavy atom. The maximum absolute atomic E-state index is 11.9. The second-order valence-electron chi connectivity index (χ2n) is 3.61. The lowest BCUT2D eigenvalue weighted by atomic mass is 10.2. The SMILES string of the molecule is CCOC(=O)NNS(=O)(=O)c1cccc([N+](=O)[O-])c1C. The molecule has 10 heteroatoms. The molecule has 0 heterocycles. The zero-order valence-electron chi connectivity index (χ0n) is 10.7. The normalized spacial score (nSPS) is 10.9. The summed E-state index contributed by atoms with van der Waals surface area (Å²) in [5.41, 5.74) is 1.47. The number of hydrogen-bond acceptors (Lipinski definition) is 6. The molecular formula is C10H13N3O6S. The molecule has 0 atom stereocenters. The van der Waals surface area contributed by atoms with Gasteiger partial charge in [0.25, 0.3) is 15.7 Å². The fourth-order valence-corrected chi connectivity index (χ4v) is 2.52. The van der Waals surface area contributed by atoms with Gasteiger partial charge in [-0.05, 0) is 19.9 Å². The average molecular weight is 303 g/mol. The Kier molecular flexibility index (Phi) is 5.00. The maximum Gasteiger partial charge on any atom is 0.422 e. The molecule has 0 aromatic heterocycles. The first-order valence-corrected chi connectivity index (χ1v) is 6.96. The van der Waals surface area contributed by atoms with Crippen LogP contribution in [0.5, 0.6) is 0 Å². The van der Waals surface area contributed by atoms with Gasteiger partial charge < -0.3 is 4.74 Å². The van der Waals surface area contributed by atoms with Crippen molar-refractivity contribution in [3.05, 3.63) is 33.9 Å². The van der Waals surface area contributed by atoms with E-state index in [2.05, 4.69) is 4.74 Å². The molecule has 0 aliphatic carbocycles. The van der Waals surface area contributed by atoms with Gasteiger partial charge in [0, 0.05) is 11.6 Å². The number of carbonyl (C=O) groups is 1. The molecule has 0 aliphatic rings. The summed E-state index contributed by atoms with van der Waals surface area (Å²) < 4.78 is 28.3. The first-order valence-electron chi connectivity index (χ1n) is 5.48. The molecule has 110 valence electrons. The number of carbonyl (C=O) groups excluding carboxylic acids is 1. The number of sulfonamides is 1. The van der Waals surface area contributed by atoms with Gasteiger partial charge in [0.15, 0.2) is 0 Å². The van der Waals surface area contributed by atoms with E-state index in [4.69, 9.17) is 0 Å². The third kappa shape index (κ3) is 3.65. The van der Waals surface area contributed by atoms with Gasteiger partial charge in [-0.1, -0.05) is 6.07 Å². The lowest BCUT2D eigenvalue weighted by molar-refractivity contribution is -0.385. The van der Waals surface area contributed by atoms with Crippen molar-refractivity contribution < 1.29 is 22.9 Å². The number of nitrogens with zero attached hydrogens (tertiary/aromatic N) is 1. The summed E-state index contributed by atoms with van der Waals surface area (Å²) in [4.78, 5) is 22.6. The summed E-state index contributed by atoms with van der Waals surface area (Å²) in [5.74, 6) is 0. The molecule has 0 saturated heterocycles. The van der Waals surface area contributed by atoms with Gasteiger partial charge in [-0.2, -0.15) is 0 Å². The van der Waals surface area contributed by atoms with E-state index in [0.717, 1.165) is 0 Å². The number of benzene rings is 1. The summed E-state index contributed by atoms with van der Waals surface area (Å²) in [5, 5.41) is 10.8. The van der Waals surface area contributed by atoms with Crippen LogP contribution >= 0.6 is 0 Å². The second-order valence-corrected chi connectivity index (χ2v) is 5.26. The number of nitrogens with one attached hydrogen (secondary N) is 2. The monoisotopic (exact) mass is 303 g/mol. The minimum absolute atomic E-state index is 0.0318. The molecule has 0 aliphatic heterocycles. The maximum atomic E-state index is 11.9. The molecule has 0 saturated carbocycles. The Hall–Kier alpha value is -2.20. The van der Waals surface area contributed by atoms with Crippen LogP contribution in [-0.4, -0.2) is 26.0 Å². The van der Waals surface area contributed by atoms with Crippen LogP contribution in [0.25, 0.3) is 0 Å². The summed E-state index contributed by atoms with van der Waals surface area (Å²) in [6.45, 7) is 2.93. The molecule has 1 aromatic rings. The molecule has 20 heavy (non-hydrogen) atoms. The highest BCUT2D eigenvalue weighted by Gasteiger charge is 2.23. The number of nitro benzene ring substituents is 1. The van der Waals surface area contributed by atoms with Crippen molar-refractivity contribution in [2.45, 2.75) is 18.7 Å². The quantitative estimate of drug-likeness (QED) is 0.613. The van der Waals surface area contributed by atoms with E-state index >= 15 is 0 Å². The highest BCUT2D eigenvalue weighted by atomic mass is 32.2. The largest absolute Gasteiger partial charge is 0.449 e. The highest BCUT2D eigenvalue weighted by Crippen LogP contribution is 2.24. The van der Waals surface area contributed by atoms with E-state index in [-0.39, 0.29) is 22.8 Å². The van der Waals surface area contributed by atoms with Crippen LogP contribution in [0.15, 0.2) is 23.1 Å². The van der Waals surface area contributed by atoms with E-state index in [1.54, 1.807) is 11.8 Å². The van der Waals surface area contributed by atoms with Gasteiger partial charge in [-0.15, -0.1) is 4.83 Å². The third-order valence-corrected chi connectivity index (χ3v) is 3.70. The zero-order chi connectivity index (χ0) is 15.3. The van der Waals surface area contributed by atoms with Crippen LogP contribution in [0.2, 0.25) is 0 Å². The topological polar surface area (TPSA) is 128 Å². The van der Waals surface area contributed by atoms with Crippen LogP contribution in [-0.2, 0) is 14.8 Å². The van der Waals surface area contributed by atoms with Gasteiger partial charge >= 0.3 is 6.09 Å². The molecule has 9 nitrogen and oxygen atoms in total. The number of nitro groups is 1. The van der Waals surface area contributed by atoms with E-state index < -0.39 is 21.0 Å². The van der Waals surface area contributed by atoms with Gasteiger partial charge in [0.05, 0.1) is 16.4 Å². The Bertz CT molecular complexity index is 628. The molecule has 0 unspecified atom stereocenters. The second kappa shape index (κ2) is 6.30. The molecule has 0 radical (unpaired) electrons. The summed E-state index contributed by atoms with van der Waals surface area (Å²) in [7, 11) is -4.13. The van der Waals surface area contributed by atoms with Crippen molar-refractivity contribution in [1.82, 2.24) is 10.3 Å². The van der Waals surface area contributed by atoms with Gasteiger partial charge in [-0.25, -0.2) is 18.6 Å². The van der Waals surface area contributed by atoms with E-state index in [0.29, 0.717) is 0 Å². The number of ether oxygens (including phenoxy) is 1. The van der Waals surface area contributed by atoms with Gasteiger partial charge in [0.2, 0.25) is 0 Å². The Morgan fingerprint density at radius 1 is 1.45 bits per heavy atom. The van der Waals surface area contributed by atoms with Gasteiger partial charge in [-0.3, -0.25) is 10.1 Å². The van der Waals surface area contributed by atoms with E-state index in [1.165, 1.54) is 25.1 Å². The molecule has 1 aromatic carbocycles. The predicted molar refractivity (Wildman–Crippen MR) is 68.3 cm³/mol. The molecule has 1 rings (SSSR count). The Balaban J connectivity index is 3.02. The minimum Gasteiger partial charge on any atom is -0.449 e. The first-order chi connectivity index (χ1) is 9.29. The Labute approximate surface area is 115 Å². The zero-order valence-corrected chi connectivity index (χ0v) is 11.6. The summed E-state index contributed by atoms with van der Waals surface area (Å²) in [6, 6.07) is 3.62. The Morgan fingerprint density at radius 2 is 2.10 bits per heavy atom. The van der Waals surface area contributed by atoms with Crippen LogP contribution in [0.3, 0.4) is 0 Å². The van der Waals surface area contributed by atoms with Crippen LogP contribution in [0, 0.1) is 17.0 Å². The van der Waals surface area contributed by atoms with Crippen LogP contribution in [0.1, 0.15) is 12.5 Å². The van der Waals surface area contributed by atoms with Crippen molar-refractivity contribution in [2.75, 3.05) is 6.61 Å². The smallest absolute Gasteiger partial charge is 0.422 e. The highest BCUT2D eigenvalue weighted by molar-refractivity contribution is 7.89. The van der Waals surface area contributed by atoms with Crippen molar-refractivity contribution in [2.24, 2.45) is 0 Å². The fourth-order valence-electron chi connectivity index (χ4n) is 1.42. The third-order valence-electron chi connectivity index (χ3n) is 2.30. The van der Waals surface area contributed by atoms with Crippen LogP contribution < -0.4 is 10.3 Å². The molecule has 0 bridgehead atoms. The molecule has 0 spiro atoms. The lowest BCUT2D eigenvalue weighted by Crippen LogP contribution is -2.42. The molecule has 0 fully saturated rings. The number of rotatable bonds is 5. The van der Waals surface area contributed by atoms with Gasteiger partial charge in [0.1, 0.15) is 0 Å². The van der Waals surface area contributed by atoms with Crippen molar-refractivity contribution in [1.29, 1.82) is 0 Å². The minimum atomic E-state index is -4.13. The number of amides is 1. The van der Waals surface area contributed by atoms with Crippen LogP contribution in [0.4, 0.5) is 10.5 Å². The van der Waals surface area contributed by atoms with E-state index in [9.17, 15) is 23.3 Å². The fraction of sp³-hybridized carbons (Fsp3) is 0.300. The number of hydrogen-bond donors (Lipinski definition) is 2. The van der Waals surface area contributed by atoms with Crippen molar-refractivity contribution in [3.8, 4) is 0 Å². The number of hydrazine groups is 1. The summed E-state index contributed by atoms with van der Waals surface area (Å²) >= 11 is 0. The lowest BCUT2D eigenvalue weighted by Gasteiger charge is -2.10. The average Bonchev–Trinajstić information content (AvgIpc) is 2.36. The molecule has 2 N–H and O–H groups in total. The van der Waals surface area contributed by atoms with E-state index in [1.807, 2.05) is 5.43 Å². The summed E-state index contributed by atoms with van der Waals surface area (Å²) in [6.07, 6.45) is -0.973. The van der Waals surface area contributed by atoms with Crippen molar-refractivity contribution >= 4 is 21.8 Å². The molecule has 1 amide bonds. The predicted octanol–water partition coefficient (Wildman–Crippen LogP) is 0.843. The van der Waals surface area contributed by atoms with Crippen molar-refractivity contribution in [3.63, 3.8) is 0 Å².